The smallest absolute Gasteiger partial charge is 0.341 e. The monoisotopic (exact) mass is 371 g/mol. The Morgan fingerprint density at radius 2 is 2.00 bits per heavy atom. The van der Waals surface area contributed by atoms with Crippen LogP contribution < -0.4 is 10.0 Å². The number of piperidine rings is 1. The molecule has 0 bridgehead atoms. The van der Waals surface area contributed by atoms with Gasteiger partial charge in [-0.1, -0.05) is 0 Å². The maximum absolute atomic E-state index is 12.0. The zero-order valence-corrected chi connectivity index (χ0v) is 14.9. The average Bonchev–Trinajstić information content (AvgIpc) is 2.60. The molecule has 0 atom stereocenters. The van der Waals surface area contributed by atoms with Crippen molar-refractivity contribution in [3.63, 3.8) is 0 Å². The van der Waals surface area contributed by atoms with Crippen molar-refractivity contribution in [2.24, 2.45) is 11.1 Å². The van der Waals surface area contributed by atoms with Gasteiger partial charge in [-0.3, -0.25) is 4.79 Å². The highest BCUT2D eigenvalue weighted by molar-refractivity contribution is 7.89. The van der Waals surface area contributed by atoms with Crippen LogP contribution in [0, 0.1) is 5.92 Å². The summed E-state index contributed by atoms with van der Waals surface area (Å²) >= 11 is 0. The molecule has 1 fully saturated rings. The Morgan fingerprint density at radius 1 is 1.36 bits per heavy atom. The van der Waals surface area contributed by atoms with Gasteiger partial charge in [0.2, 0.25) is 10.0 Å². The molecule has 0 aromatic carbocycles. The van der Waals surface area contributed by atoms with Crippen molar-refractivity contribution in [3.05, 3.63) is 17.8 Å². The zero-order chi connectivity index (χ0) is 18.6. The zero-order valence-electron chi connectivity index (χ0n) is 14.1. The number of ether oxygens (including phenoxy) is 2. The molecule has 0 spiro atoms. The van der Waals surface area contributed by atoms with E-state index in [1.807, 2.05) is 4.90 Å². The lowest BCUT2D eigenvalue weighted by molar-refractivity contribution is -0.148. The van der Waals surface area contributed by atoms with Crippen molar-refractivity contribution in [1.82, 2.24) is 4.98 Å². The minimum atomic E-state index is -3.99. The Balaban J connectivity index is 2.25. The lowest BCUT2D eigenvalue weighted by Gasteiger charge is -2.32. The molecular formula is C15H21N3O6S. The summed E-state index contributed by atoms with van der Waals surface area (Å²) in [6, 6.07) is 1.15. The minimum Gasteiger partial charge on any atom is -0.466 e. The molecular weight excluding hydrogens is 350 g/mol. The Bertz CT molecular complexity index is 757. The van der Waals surface area contributed by atoms with Gasteiger partial charge in [0.05, 0.1) is 19.6 Å². The van der Waals surface area contributed by atoms with E-state index in [1.54, 1.807) is 6.92 Å². The number of methoxy groups -OCH3 is 1. The van der Waals surface area contributed by atoms with E-state index in [2.05, 4.69) is 4.98 Å². The van der Waals surface area contributed by atoms with Crippen LogP contribution in [-0.2, 0) is 24.3 Å². The van der Waals surface area contributed by atoms with Crippen molar-refractivity contribution in [3.8, 4) is 0 Å². The summed E-state index contributed by atoms with van der Waals surface area (Å²) in [5.74, 6) is -0.823. The van der Waals surface area contributed by atoms with Gasteiger partial charge < -0.3 is 14.4 Å². The molecule has 1 aromatic rings. The maximum Gasteiger partial charge on any atom is 0.341 e. The van der Waals surface area contributed by atoms with Gasteiger partial charge in [-0.15, -0.1) is 0 Å². The summed E-state index contributed by atoms with van der Waals surface area (Å²) in [6.07, 6.45) is 2.21. The summed E-state index contributed by atoms with van der Waals surface area (Å²) in [5.41, 5.74) is 0.0172. The highest BCUT2D eigenvalue weighted by Crippen LogP contribution is 2.27. The number of primary sulfonamides is 1. The number of anilines is 1. The number of pyridine rings is 1. The third-order valence-corrected chi connectivity index (χ3v) is 4.87. The van der Waals surface area contributed by atoms with Gasteiger partial charge >= 0.3 is 11.9 Å². The van der Waals surface area contributed by atoms with Crippen molar-refractivity contribution in [1.29, 1.82) is 0 Å². The van der Waals surface area contributed by atoms with E-state index >= 15 is 0 Å². The summed E-state index contributed by atoms with van der Waals surface area (Å²) in [6.45, 7) is 3.05. The van der Waals surface area contributed by atoms with Crippen LogP contribution >= 0.6 is 0 Å². The van der Waals surface area contributed by atoms with Gasteiger partial charge in [0, 0.05) is 19.3 Å². The molecule has 1 aliphatic heterocycles. The standard InChI is InChI=1S/C15H21N3O6S/c1-3-24-14(19)10-4-6-18(7-5-10)13-12(15(20)23-2)8-11(9-17-13)25(16,21)22/h8-10H,3-7H2,1-2H3,(H2,16,21,22). The molecule has 1 aromatic heterocycles. The van der Waals surface area contributed by atoms with Crippen LogP contribution in [0.15, 0.2) is 17.2 Å². The number of carbonyl (C=O) groups is 2. The summed E-state index contributed by atoms with van der Waals surface area (Å²) in [7, 11) is -2.79. The lowest BCUT2D eigenvalue weighted by Crippen LogP contribution is -2.38. The second kappa shape index (κ2) is 7.79. The second-order valence-electron chi connectivity index (χ2n) is 5.59. The van der Waals surface area contributed by atoms with E-state index in [1.165, 1.54) is 7.11 Å². The predicted octanol–water partition coefficient (Wildman–Crippen LogP) is 0.295. The molecule has 2 heterocycles. The fourth-order valence-corrected chi connectivity index (χ4v) is 3.17. The Kier molecular flexibility index (Phi) is 5.96. The molecule has 10 heteroatoms. The molecule has 1 saturated heterocycles. The molecule has 25 heavy (non-hydrogen) atoms. The Labute approximate surface area is 146 Å². The molecule has 2 N–H and O–H groups in total. The number of nitrogens with zero attached hydrogens (tertiary/aromatic N) is 2. The van der Waals surface area contributed by atoms with Crippen molar-refractivity contribution < 1.29 is 27.5 Å². The van der Waals surface area contributed by atoms with E-state index in [9.17, 15) is 18.0 Å². The van der Waals surface area contributed by atoms with E-state index in [0.717, 1.165) is 12.3 Å². The van der Waals surface area contributed by atoms with Gasteiger partial charge in [-0.2, -0.15) is 0 Å². The van der Waals surface area contributed by atoms with Gasteiger partial charge in [-0.05, 0) is 25.8 Å². The molecule has 0 saturated carbocycles. The molecule has 9 nitrogen and oxygen atoms in total. The summed E-state index contributed by atoms with van der Waals surface area (Å²) < 4.78 is 32.7. The predicted molar refractivity (Wildman–Crippen MR) is 88.5 cm³/mol. The van der Waals surface area contributed by atoms with E-state index in [-0.39, 0.29) is 22.3 Å². The molecule has 0 unspecified atom stereocenters. The van der Waals surface area contributed by atoms with Crippen molar-refractivity contribution in [2.75, 3.05) is 31.7 Å². The van der Waals surface area contributed by atoms with Crippen LogP contribution in [0.5, 0.6) is 0 Å². The number of nitrogens with two attached hydrogens (primary N) is 1. The second-order valence-corrected chi connectivity index (χ2v) is 7.15. The van der Waals surface area contributed by atoms with Gasteiger partial charge in [0.25, 0.3) is 0 Å². The van der Waals surface area contributed by atoms with Crippen molar-refractivity contribution >= 4 is 27.8 Å². The number of hydrogen-bond donors (Lipinski definition) is 1. The quantitative estimate of drug-likeness (QED) is 0.732. The van der Waals surface area contributed by atoms with E-state index < -0.39 is 16.0 Å². The fourth-order valence-electron chi connectivity index (χ4n) is 2.69. The molecule has 138 valence electrons. The molecule has 0 radical (unpaired) electrons. The van der Waals surface area contributed by atoms with Crippen molar-refractivity contribution in [2.45, 2.75) is 24.7 Å². The SMILES string of the molecule is CCOC(=O)C1CCN(c2ncc(S(N)(=O)=O)cc2C(=O)OC)CC1. The number of hydrogen-bond acceptors (Lipinski definition) is 8. The van der Waals surface area contributed by atoms with E-state index in [0.29, 0.717) is 38.4 Å². The number of carbonyl (C=O) groups excluding carboxylic acids is 2. The highest BCUT2D eigenvalue weighted by atomic mass is 32.2. The van der Waals surface area contributed by atoms with Crippen LogP contribution in [-0.4, -0.2) is 52.1 Å². The van der Waals surface area contributed by atoms with Gasteiger partial charge in [-0.25, -0.2) is 23.3 Å². The first-order valence-electron chi connectivity index (χ1n) is 7.80. The van der Waals surface area contributed by atoms with Gasteiger partial charge in [0.15, 0.2) is 0 Å². The Morgan fingerprint density at radius 3 is 2.52 bits per heavy atom. The number of sulfonamides is 1. The van der Waals surface area contributed by atoms with Crippen LogP contribution in [0.2, 0.25) is 0 Å². The van der Waals surface area contributed by atoms with Gasteiger partial charge in [0.1, 0.15) is 16.3 Å². The number of aromatic nitrogens is 1. The summed E-state index contributed by atoms with van der Waals surface area (Å²) in [4.78, 5) is 29.5. The van der Waals surface area contributed by atoms with Crippen LogP contribution in [0.1, 0.15) is 30.1 Å². The normalized spacial score (nSPS) is 15.7. The van der Waals surface area contributed by atoms with Crippen LogP contribution in [0.25, 0.3) is 0 Å². The summed E-state index contributed by atoms with van der Waals surface area (Å²) in [5, 5.41) is 5.09. The first-order chi connectivity index (χ1) is 11.8. The first kappa shape index (κ1) is 19.1. The van der Waals surface area contributed by atoms with Crippen LogP contribution in [0.3, 0.4) is 0 Å². The average molecular weight is 371 g/mol. The topological polar surface area (TPSA) is 129 Å². The maximum atomic E-state index is 12.0. The van der Waals surface area contributed by atoms with E-state index in [4.69, 9.17) is 14.6 Å². The molecule has 0 amide bonds. The molecule has 2 rings (SSSR count). The Hall–Kier alpha value is -2.20. The largest absolute Gasteiger partial charge is 0.466 e. The minimum absolute atomic E-state index is 0.0172. The fraction of sp³-hybridized carbons (Fsp3) is 0.533. The third kappa shape index (κ3) is 4.45. The lowest BCUT2D eigenvalue weighted by atomic mass is 9.96. The molecule has 1 aliphatic rings. The third-order valence-electron chi connectivity index (χ3n) is 3.99. The molecule has 0 aliphatic carbocycles. The highest BCUT2D eigenvalue weighted by Gasteiger charge is 2.29. The first-order valence-corrected chi connectivity index (χ1v) is 9.35. The number of esters is 2. The number of rotatable bonds is 5. The van der Waals surface area contributed by atoms with Crippen LogP contribution in [0.4, 0.5) is 5.82 Å².